The molecule has 1 fully saturated rings. The topological polar surface area (TPSA) is 77.6 Å². The number of amides is 2. The highest BCUT2D eigenvalue weighted by molar-refractivity contribution is 5.93. The van der Waals surface area contributed by atoms with Gasteiger partial charge in [-0.25, -0.2) is 0 Å². The number of hydrogen-bond donors (Lipinski definition) is 2. The first kappa shape index (κ1) is 19.0. The first-order chi connectivity index (χ1) is 13.1. The highest BCUT2D eigenvalue weighted by atomic mass is 16.2. The molecule has 142 valence electrons. The Morgan fingerprint density at radius 2 is 1.56 bits per heavy atom. The van der Waals surface area contributed by atoms with Gasteiger partial charge in [-0.05, 0) is 36.4 Å². The minimum absolute atomic E-state index is 0.0274. The predicted molar refractivity (Wildman–Crippen MR) is 105 cm³/mol. The number of aromatic nitrogens is 1. The van der Waals surface area contributed by atoms with Crippen molar-refractivity contribution in [1.82, 2.24) is 14.8 Å². The zero-order valence-corrected chi connectivity index (χ0v) is 15.5. The molecule has 7 nitrogen and oxygen atoms in total. The average molecular weight is 367 g/mol. The summed E-state index contributed by atoms with van der Waals surface area (Å²) in [4.78, 5) is 32.2. The number of carbonyl (C=O) groups excluding carboxylic acids is 2. The van der Waals surface area contributed by atoms with Crippen LogP contribution in [0.2, 0.25) is 0 Å². The van der Waals surface area contributed by atoms with E-state index in [1.54, 1.807) is 24.3 Å². The summed E-state index contributed by atoms with van der Waals surface area (Å²) in [7, 11) is 0. The molecule has 0 aliphatic carbocycles. The predicted octanol–water partition coefficient (Wildman–Crippen LogP) is 1.80. The second kappa shape index (κ2) is 9.25. The molecule has 3 rings (SSSR count). The monoisotopic (exact) mass is 367 g/mol. The van der Waals surface area contributed by atoms with E-state index < -0.39 is 0 Å². The molecule has 2 amide bonds. The molecule has 0 spiro atoms. The fourth-order valence-electron chi connectivity index (χ4n) is 3.07. The molecule has 0 bridgehead atoms. The van der Waals surface area contributed by atoms with Gasteiger partial charge in [-0.3, -0.25) is 24.4 Å². The fraction of sp³-hybridized carbons (Fsp3) is 0.350. The summed E-state index contributed by atoms with van der Waals surface area (Å²) in [6, 6.07) is 13.1. The van der Waals surface area contributed by atoms with Crippen LogP contribution < -0.4 is 10.6 Å². The third-order valence-corrected chi connectivity index (χ3v) is 4.43. The Labute approximate surface area is 159 Å². The van der Waals surface area contributed by atoms with Crippen LogP contribution >= 0.6 is 0 Å². The lowest BCUT2D eigenvalue weighted by Gasteiger charge is -2.34. The molecule has 1 aliphatic heterocycles. The van der Waals surface area contributed by atoms with Gasteiger partial charge in [-0.2, -0.15) is 0 Å². The summed E-state index contributed by atoms with van der Waals surface area (Å²) >= 11 is 0. The van der Waals surface area contributed by atoms with Crippen molar-refractivity contribution >= 4 is 23.2 Å². The molecule has 7 heteroatoms. The van der Waals surface area contributed by atoms with E-state index in [1.165, 1.54) is 6.92 Å². The lowest BCUT2D eigenvalue weighted by molar-refractivity contribution is -0.117. The maximum absolute atomic E-state index is 12.3. The number of carbonyl (C=O) groups is 2. The van der Waals surface area contributed by atoms with Crippen molar-refractivity contribution in [2.45, 2.75) is 13.5 Å². The normalized spacial score (nSPS) is 15.3. The van der Waals surface area contributed by atoms with Gasteiger partial charge in [0.05, 0.1) is 12.2 Å². The lowest BCUT2D eigenvalue weighted by Crippen LogP contribution is -2.48. The van der Waals surface area contributed by atoms with E-state index in [-0.39, 0.29) is 11.8 Å². The van der Waals surface area contributed by atoms with Crippen LogP contribution in [0.15, 0.2) is 48.7 Å². The summed E-state index contributed by atoms with van der Waals surface area (Å²) in [5.41, 5.74) is 2.51. The number of pyridine rings is 1. The Bertz CT molecular complexity index is 756. The highest BCUT2D eigenvalue weighted by Gasteiger charge is 2.19. The first-order valence-electron chi connectivity index (χ1n) is 9.10. The number of piperazine rings is 1. The van der Waals surface area contributed by atoms with Crippen LogP contribution in [0.1, 0.15) is 12.6 Å². The summed E-state index contributed by atoms with van der Waals surface area (Å²) in [5, 5.41) is 5.61. The van der Waals surface area contributed by atoms with Gasteiger partial charge in [0.2, 0.25) is 11.8 Å². The summed E-state index contributed by atoms with van der Waals surface area (Å²) < 4.78 is 0. The second-order valence-corrected chi connectivity index (χ2v) is 6.68. The molecule has 1 saturated heterocycles. The van der Waals surface area contributed by atoms with Crippen LogP contribution in [-0.2, 0) is 16.1 Å². The highest BCUT2D eigenvalue weighted by Crippen LogP contribution is 2.14. The van der Waals surface area contributed by atoms with Crippen LogP contribution in [0, 0.1) is 0 Å². The molecule has 2 N–H and O–H groups in total. The Balaban J connectivity index is 1.41. The maximum atomic E-state index is 12.3. The third-order valence-electron chi connectivity index (χ3n) is 4.43. The van der Waals surface area contributed by atoms with Crippen molar-refractivity contribution in [2.24, 2.45) is 0 Å². The zero-order chi connectivity index (χ0) is 19.1. The molecular formula is C20H25N5O2. The molecule has 0 atom stereocenters. The van der Waals surface area contributed by atoms with Gasteiger partial charge >= 0.3 is 0 Å². The van der Waals surface area contributed by atoms with Crippen LogP contribution in [0.5, 0.6) is 0 Å². The Kier molecular flexibility index (Phi) is 6.51. The quantitative estimate of drug-likeness (QED) is 0.814. The third kappa shape index (κ3) is 6.16. The number of nitrogens with zero attached hydrogens (tertiary/aromatic N) is 3. The Morgan fingerprint density at radius 3 is 2.15 bits per heavy atom. The van der Waals surface area contributed by atoms with Crippen LogP contribution in [0.3, 0.4) is 0 Å². The maximum Gasteiger partial charge on any atom is 0.238 e. The van der Waals surface area contributed by atoms with Crippen LogP contribution in [0.25, 0.3) is 0 Å². The molecule has 0 unspecified atom stereocenters. The van der Waals surface area contributed by atoms with Crippen molar-refractivity contribution in [1.29, 1.82) is 0 Å². The number of nitrogens with one attached hydrogen (secondary N) is 2. The van der Waals surface area contributed by atoms with E-state index in [9.17, 15) is 9.59 Å². The SMILES string of the molecule is CC(=O)Nc1ccc(NC(=O)CN2CCN(Cc3ccccn3)CC2)cc1. The minimum Gasteiger partial charge on any atom is -0.326 e. The number of rotatable bonds is 6. The molecule has 1 aromatic carbocycles. The van der Waals surface area contributed by atoms with E-state index in [2.05, 4.69) is 25.4 Å². The molecule has 27 heavy (non-hydrogen) atoms. The van der Waals surface area contributed by atoms with Gasteiger partial charge in [0.15, 0.2) is 0 Å². The molecular weight excluding hydrogens is 342 g/mol. The molecule has 1 aliphatic rings. The van der Waals surface area contributed by atoms with Crippen LogP contribution in [0.4, 0.5) is 11.4 Å². The van der Waals surface area contributed by atoms with Gasteiger partial charge in [-0.1, -0.05) is 6.07 Å². The van der Waals surface area contributed by atoms with Gasteiger partial charge < -0.3 is 10.6 Å². The van der Waals surface area contributed by atoms with E-state index >= 15 is 0 Å². The van der Waals surface area contributed by atoms with Crippen molar-refractivity contribution < 1.29 is 9.59 Å². The second-order valence-electron chi connectivity index (χ2n) is 6.68. The van der Waals surface area contributed by atoms with Crippen molar-refractivity contribution in [3.63, 3.8) is 0 Å². The number of hydrogen-bond acceptors (Lipinski definition) is 5. The van der Waals surface area contributed by atoms with Crippen LogP contribution in [-0.4, -0.2) is 59.3 Å². The molecule has 0 radical (unpaired) electrons. The molecule has 2 heterocycles. The average Bonchev–Trinajstić information content (AvgIpc) is 2.65. The minimum atomic E-state index is -0.117. The Hall–Kier alpha value is -2.77. The largest absolute Gasteiger partial charge is 0.326 e. The van der Waals surface area contributed by atoms with E-state index in [1.807, 2.05) is 24.4 Å². The van der Waals surface area contributed by atoms with Gasteiger partial charge in [0.25, 0.3) is 0 Å². The van der Waals surface area contributed by atoms with Crippen molar-refractivity contribution in [3.8, 4) is 0 Å². The number of benzene rings is 1. The van der Waals surface area contributed by atoms with Crippen molar-refractivity contribution in [2.75, 3.05) is 43.4 Å². The number of anilines is 2. The summed E-state index contributed by atoms with van der Waals surface area (Å²) in [5.74, 6) is -0.144. The smallest absolute Gasteiger partial charge is 0.238 e. The summed E-state index contributed by atoms with van der Waals surface area (Å²) in [6.45, 7) is 6.27. The van der Waals surface area contributed by atoms with Gasteiger partial charge in [0.1, 0.15) is 0 Å². The van der Waals surface area contributed by atoms with Gasteiger partial charge in [-0.15, -0.1) is 0 Å². The summed E-state index contributed by atoms with van der Waals surface area (Å²) in [6.07, 6.45) is 1.82. The lowest BCUT2D eigenvalue weighted by atomic mass is 10.2. The van der Waals surface area contributed by atoms with E-state index in [0.29, 0.717) is 12.2 Å². The standard InChI is InChI=1S/C20H25N5O2/c1-16(26)22-17-5-7-18(8-6-17)23-20(27)15-25-12-10-24(11-13-25)14-19-4-2-3-9-21-19/h2-9H,10-15H2,1H3,(H,22,26)(H,23,27). The van der Waals surface area contributed by atoms with E-state index in [0.717, 1.165) is 44.1 Å². The molecule has 2 aromatic rings. The fourth-order valence-corrected chi connectivity index (χ4v) is 3.07. The first-order valence-corrected chi connectivity index (χ1v) is 9.10. The molecule has 0 saturated carbocycles. The molecule has 1 aromatic heterocycles. The van der Waals surface area contributed by atoms with Gasteiger partial charge in [0, 0.05) is 57.2 Å². The zero-order valence-electron chi connectivity index (χ0n) is 15.5. The Morgan fingerprint density at radius 1 is 0.926 bits per heavy atom. The van der Waals surface area contributed by atoms with Crippen molar-refractivity contribution in [3.05, 3.63) is 54.4 Å². The van der Waals surface area contributed by atoms with E-state index in [4.69, 9.17) is 0 Å².